The molecule has 0 radical (unpaired) electrons. The Bertz CT molecular complexity index is 986. The maximum Gasteiger partial charge on any atom is 0.164 e. The Morgan fingerprint density at radius 2 is 1.00 bits per heavy atom. The standard InChI is InChI=1S/C24H23N5/c25-21-23(26-16-18-10-4-1-5-11-18)28-22(20-14-8-3-9-15-20)29-24(21)27-17-19-12-6-2-7-13-19/h1-15H,16-17,25H2,(H2,26,27,28,29). The fraction of sp³-hybridized carbons (Fsp3) is 0.0833. The van der Waals surface area contributed by atoms with Crippen LogP contribution in [0.3, 0.4) is 0 Å². The molecule has 5 nitrogen and oxygen atoms in total. The minimum absolute atomic E-state index is 0.511. The maximum absolute atomic E-state index is 6.41. The van der Waals surface area contributed by atoms with E-state index in [-0.39, 0.29) is 0 Å². The molecule has 0 aliphatic rings. The molecule has 0 amide bonds. The smallest absolute Gasteiger partial charge is 0.164 e. The van der Waals surface area contributed by atoms with Gasteiger partial charge in [-0.2, -0.15) is 0 Å². The maximum atomic E-state index is 6.41. The molecule has 4 aromatic rings. The van der Waals surface area contributed by atoms with E-state index in [0.717, 1.165) is 16.7 Å². The van der Waals surface area contributed by atoms with E-state index in [0.29, 0.717) is 36.2 Å². The van der Waals surface area contributed by atoms with Gasteiger partial charge in [-0.15, -0.1) is 0 Å². The molecule has 0 aliphatic heterocycles. The fourth-order valence-electron chi connectivity index (χ4n) is 3.02. The highest BCUT2D eigenvalue weighted by atomic mass is 15.1. The summed E-state index contributed by atoms with van der Waals surface area (Å²) in [6.45, 7) is 1.27. The topological polar surface area (TPSA) is 75.9 Å². The van der Waals surface area contributed by atoms with Crippen LogP contribution in [0.5, 0.6) is 0 Å². The summed E-state index contributed by atoms with van der Waals surface area (Å²) in [5.41, 5.74) is 10.2. The summed E-state index contributed by atoms with van der Waals surface area (Å²) in [6.07, 6.45) is 0. The van der Waals surface area contributed by atoms with Crippen molar-refractivity contribution < 1.29 is 0 Å². The Balaban J connectivity index is 1.63. The van der Waals surface area contributed by atoms with Crippen molar-refractivity contribution in [1.82, 2.24) is 9.97 Å². The quantitative estimate of drug-likeness (QED) is 0.422. The van der Waals surface area contributed by atoms with E-state index in [9.17, 15) is 0 Å². The summed E-state index contributed by atoms with van der Waals surface area (Å²) in [5, 5.41) is 6.72. The van der Waals surface area contributed by atoms with Gasteiger partial charge in [-0.1, -0.05) is 91.0 Å². The lowest BCUT2D eigenvalue weighted by Gasteiger charge is -2.15. The van der Waals surface area contributed by atoms with E-state index >= 15 is 0 Å². The lowest BCUT2D eigenvalue weighted by atomic mass is 10.2. The van der Waals surface area contributed by atoms with E-state index in [1.165, 1.54) is 0 Å². The molecule has 144 valence electrons. The third kappa shape index (κ3) is 4.71. The highest BCUT2D eigenvalue weighted by molar-refractivity contribution is 5.77. The summed E-state index contributed by atoms with van der Waals surface area (Å²) in [6, 6.07) is 30.2. The van der Waals surface area contributed by atoms with Crippen LogP contribution >= 0.6 is 0 Å². The van der Waals surface area contributed by atoms with Gasteiger partial charge in [0.05, 0.1) is 0 Å². The van der Waals surface area contributed by atoms with Crippen molar-refractivity contribution in [2.75, 3.05) is 16.4 Å². The second-order valence-corrected chi connectivity index (χ2v) is 6.70. The summed E-state index contributed by atoms with van der Waals surface area (Å²) in [5.74, 6) is 1.88. The molecule has 0 atom stereocenters. The fourth-order valence-corrected chi connectivity index (χ4v) is 3.02. The minimum atomic E-state index is 0.511. The second kappa shape index (κ2) is 8.89. The monoisotopic (exact) mass is 381 g/mol. The first-order chi connectivity index (χ1) is 14.3. The first-order valence-corrected chi connectivity index (χ1v) is 9.58. The van der Waals surface area contributed by atoms with E-state index in [4.69, 9.17) is 5.73 Å². The lowest BCUT2D eigenvalue weighted by Crippen LogP contribution is -2.11. The first kappa shape index (κ1) is 18.5. The summed E-state index contributed by atoms with van der Waals surface area (Å²) in [7, 11) is 0. The third-order valence-corrected chi connectivity index (χ3v) is 4.58. The van der Waals surface area contributed by atoms with E-state index in [2.05, 4.69) is 44.9 Å². The van der Waals surface area contributed by atoms with Gasteiger partial charge in [0.1, 0.15) is 5.69 Å². The van der Waals surface area contributed by atoms with E-state index in [1.54, 1.807) is 0 Å². The highest BCUT2D eigenvalue weighted by Gasteiger charge is 2.13. The van der Waals surface area contributed by atoms with Crippen LogP contribution in [-0.4, -0.2) is 9.97 Å². The minimum Gasteiger partial charge on any atom is -0.393 e. The SMILES string of the molecule is Nc1c(NCc2ccccc2)nc(-c2ccccc2)nc1NCc1ccccc1. The predicted molar refractivity (Wildman–Crippen MR) is 119 cm³/mol. The number of anilines is 3. The zero-order chi connectivity index (χ0) is 19.9. The van der Waals surface area contributed by atoms with Crippen LogP contribution in [0.25, 0.3) is 11.4 Å². The molecule has 1 aromatic heterocycles. The average Bonchev–Trinajstić information content (AvgIpc) is 2.79. The van der Waals surface area contributed by atoms with Crippen molar-refractivity contribution in [2.24, 2.45) is 0 Å². The summed E-state index contributed by atoms with van der Waals surface area (Å²) < 4.78 is 0. The lowest BCUT2D eigenvalue weighted by molar-refractivity contribution is 1.06. The molecule has 1 heterocycles. The first-order valence-electron chi connectivity index (χ1n) is 9.58. The molecule has 0 saturated carbocycles. The molecule has 0 unspecified atom stereocenters. The van der Waals surface area contributed by atoms with Crippen molar-refractivity contribution in [2.45, 2.75) is 13.1 Å². The Hall–Kier alpha value is -3.86. The van der Waals surface area contributed by atoms with Gasteiger partial charge in [0.15, 0.2) is 17.5 Å². The number of rotatable bonds is 7. The van der Waals surface area contributed by atoms with Gasteiger partial charge >= 0.3 is 0 Å². The molecule has 5 heteroatoms. The van der Waals surface area contributed by atoms with E-state index in [1.807, 2.05) is 66.7 Å². The van der Waals surface area contributed by atoms with Crippen molar-refractivity contribution in [3.63, 3.8) is 0 Å². The molecular weight excluding hydrogens is 358 g/mol. The van der Waals surface area contributed by atoms with Crippen molar-refractivity contribution in [3.05, 3.63) is 102 Å². The van der Waals surface area contributed by atoms with Gasteiger partial charge in [0.25, 0.3) is 0 Å². The van der Waals surface area contributed by atoms with Crippen molar-refractivity contribution in [3.8, 4) is 11.4 Å². The van der Waals surface area contributed by atoms with Crippen molar-refractivity contribution >= 4 is 17.3 Å². The molecule has 0 spiro atoms. The largest absolute Gasteiger partial charge is 0.393 e. The molecule has 3 aromatic carbocycles. The number of nitrogens with zero attached hydrogens (tertiary/aromatic N) is 2. The van der Waals surface area contributed by atoms with Crippen molar-refractivity contribution in [1.29, 1.82) is 0 Å². The molecule has 29 heavy (non-hydrogen) atoms. The van der Waals surface area contributed by atoms with Gasteiger partial charge in [-0.05, 0) is 11.1 Å². The second-order valence-electron chi connectivity index (χ2n) is 6.70. The van der Waals surface area contributed by atoms with Gasteiger partial charge in [0.2, 0.25) is 0 Å². The molecule has 0 bridgehead atoms. The normalized spacial score (nSPS) is 10.5. The number of aromatic nitrogens is 2. The molecule has 0 aliphatic carbocycles. The third-order valence-electron chi connectivity index (χ3n) is 4.58. The van der Waals surface area contributed by atoms with Gasteiger partial charge < -0.3 is 16.4 Å². The van der Waals surface area contributed by atoms with Crippen LogP contribution in [0.4, 0.5) is 17.3 Å². The molecule has 4 rings (SSSR count). The summed E-state index contributed by atoms with van der Waals surface area (Å²) in [4.78, 5) is 9.37. The number of nitrogens with one attached hydrogen (secondary N) is 2. The number of nitrogens with two attached hydrogens (primary N) is 1. The highest BCUT2D eigenvalue weighted by Crippen LogP contribution is 2.28. The van der Waals surface area contributed by atoms with Crippen LogP contribution in [-0.2, 0) is 13.1 Å². The zero-order valence-electron chi connectivity index (χ0n) is 16.0. The Morgan fingerprint density at radius 1 is 0.586 bits per heavy atom. The van der Waals surface area contributed by atoms with Crippen LogP contribution < -0.4 is 16.4 Å². The number of benzene rings is 3. The van der Waals surface area contributed by atoms with Gasteiger partial charge in [-0.25, -0.2) is 9.97 Å². The molecular formula is C24H23N5. The average molecular weight is 381 g/mol. The van der Waals surface area contributed by atoms with Crippen LogP contribution in [0.2, 0.25) is 0 Å². The van der Waals surface area contributed by atoms with Gasteiger partial charge in [0, 0.05) is 18.7 Å². The number of nitrogen functional groups attached to an aromatic ring is 1. The van der Waals surface area contributed by atoms with Gasteiger partial charge in [-0.3, -0.25) is 0 Å². The van der Waals surface area contributed by atoms with Crippen LogP contribution in [0.15, 0.2) is 91.0 Å². The Labute approximate surface area is 170 Å². The van der Waals surface area contributed by atoms with E-state index < -0.39 is 0 Å². The summed E-state index contributed by atoms with van der Waals surface area (Å²) >= 11 is 0. The molecule has 0 fully saturated rings. The number of hydrogen-bond acceptors (Lipinski definition) is 5. The van der Waals surface area contributed by atoms with Crippen LogP contribution in [0.1, 0.15) is 11.1 Å². The Kier molecular flexibility index (Phi) is 5.67. The molecule has 4 N–H and O–H groups in total. The number of hydrogen-bond donors (Lipinski definition) is 3. The predicted octanol–water partition coefficient (Wildman–Crippen LogP) is 4.95. The molecule has 0 saturated heterocycles. The zero-order valence-corrected chi connectivity index (χ0v) is 16.0. The Morgan fingerprint density at radius 3 is 1.45 bits per heavy atom. The van der Waals surface area contributed by atoms with Crippen LogP contribution in [0, 0.1) is 0 Å².